The fourth-order valence-electron chi connectivity index (χ4n) is 1.34. The van der Waals surface area contributed by atoms with E-state index in [4.69, 9.17) is 16.2 Å². The van der Waals surface area contributed by atoms with Crippen LogP contribution in [0.25, 0.3) is 0 Å². The molecular formula is C9H15N3O. The van der Waals surface area contributed by atoms with Crippen molar-refractivity contribution >= 4 is 5.82 Å². The molecule has 0 saturated heterocycles. The molecule has 1 atom stereocenters. The van der Waals surface area contributed by atoms with Crippen LogP contribution < -0.4 is 11.5 Å². The zero-order valence-corrected chi connectivity index (χ0v) is 7.95. The van der Waals surface area contributed by atoms with Crippen molar-refractivity contribution in [1.29, 1.82) is 0 Å². The summed E-state index contributed by atoms with van der Waals surface area (Å²) in [6.07, 6.45) is 1.67. The summed E-state index contributed by atoms with van der Waals surface area (Å²) >= 11 is 0. The van der Waals surface area contributed by atoms with Gasteiger partial charge in [-0.25, -0.2) is 4.98 Å². The molecular weight excluding hydrogens is 166 g/mol. The Morgan fingerprint density at radius 3 is 2.85 bits per heavy atom. The molecule has 1 rings (SSSR count). The highest BCUT2D eigenvalue weighted by Gasteiger charge is 2.12. The molecule has 0 aromatic carbocycles. The lowest BCUT2D eigenvalue weighted by Gasteiger charge is -2.14. The van der Waals surface area contributed by atoms with Crippen molar-refractivity contribution in [2.75, 3.05) is 19.5 Å². The van der Waals surface area contributed by atoms with Crippen molar-refractivity contribution in [3.05, 3.63) is 23.4 Å². The lowest BCUT2D eigenvalue weighted by molar-refractivity contribution is 0.181. The number of nitrogens with zero attached hydrogens (tertiary/aromatic N) is 1. The SMILES string of the molecule is COCC(N)c1c(C)ccnc1N. The Labute approximate surface area is 77.9 Å². The van der Waals surface area contributed by atoms with Crippen LogP contribution in [0, 0.1) is 6.92 Å². The van der Waals surface area contributed by atoms with Crippen LogP contribution in [-0.2, 0) is 4.74 Å². The van der Waals surface area contributed by atoms with E-state index in [1.54, 1.807) is 13.3 Å². The van der Waals surface area contributed by atoms with Crippen LogP contribution in [-0.4, -0.2) is 18.7 Å². The minimum Gasteiger partial charge on any atom is -0.383 e. The summed E-state index contributed by atoms with van der Waals surface area (Å²) < 4.78 is 4.96. The summed E-state index contributed by atoms with van der Waals surface area (Å²) in [5, 5.41) is 0. The molecule has 72 valence electrons. The van der Waals surface area contributed by atoms with Crippen LogP contribution in [0.4, 0.5) is 5.82 Å². The highest BCUT2D eigenvalue weighted by molar-refractivity contribution is 5.45. The molecule has 0 aliphatic carbocycles. The van der Waals surface area contributed by atoms with E-state index >= 15 is 0 Å². The van der Waals surface area contributed by atoms with Gasteiger partial charge in [0, 0.05) is 18.9 Å². The van der Waals surface area contributed by atoms with Crippen molar-refractivity contribution in [3.8, 4) is 0 Å². The van der Waals surface area contributed by atoms with Crippen LogP contribution in [0.2, 0.25) is 0 Å². The molecule has 1 unspecified atom stereocenters. The second kappa shape index (κ2) is 4.20. The Balaban J connectivity index is 2.98. The number of anilines is 1. The van der Waals surface area contributed by atoms with Crippen molar-refractivity contribution in [2.45, 2.75) is 13.0 Å². The van der Waals surface area contributed by atoms with Gasteiger partial charge in [-0.15, -0.1) is 0 Å². The molecule has 0 aliphatic heterocycles. The molecule has 0 aliphatic rings. The van der Waals surface area contributed by atoms with Crippen molar-refractivity contribution < 1.29 is 4.74 Å². The number of pyridine rings is 1. The molecule has 4 N–H and O–H groups in total. The van der Waals surface area contributed by atoms with Gasteiger partial charge >= 0.3 is 0 Å². The first kappa shape index (κ1) is 9.95. The molecule has 0 spiro atoms. The van der Waals surface area contributed by atoms with Gasteiger partial charge in [0.15, 0.2) is 0 Å². The number of methoxy groups -OCH3 is 1. The van der Waals surface area contributed by atoms with E-state index in [9.17, 15) is 0 Å². The lowest BCUT2D eigenvalue weighted by atomic mass is 10.0. The molecule has 4 nitrogen and oxygen atoms in total. The van der Waals surface area contributed by atoms with Crippen LogP contribution >= 0.6 is 0 Å². The van der Waals surface area contributed by atoms with E-state index in [0.29, 0.717) is 12.4 Å². The first-order valence-corrected chi connectivity index (χ1v) is 4.12. The molecule has 13 heavy (non-hydrogen) atoms. The molecule has 0 radical (unpaired) electrons. The Morgan fingerprint density at radius 1 is 1.62 bits per heavy atom. The Bertz CT molecular complexity index is 268. The van der Waals surface area contributed by atoms with Gasteiger partial charge in [-0.05, 0) is 18.6 Å². The second-order valence-electron chi connectivity index (χ2n) is 2.99. The normalized spacial score (nSPS) is 12.8. The van der Waals surface area contributed by atoms with E-state index in [2.05, 4.69) is 4.98 Å². The molecule has 4 heteroatoms. The summed E-state index contributed by atoms with van der Waals surface area (Å²) in [6, 6.07) is 1.69. The minimum atomic E-state index is -0.196. The third kappa shape index (κ3) is 2.17. The summed E-state index contributed by atoms with van der Waals surface area (Å²) in [6.45, 7) is 2.42. The molecule has 0 fully saturated rings. The lowest BCUT2D eigenvalue weighted by Crippen LogP contribution is -2.19. The number of nitrogen functional groups attached to an aromatic ring is 1. The molecule has 1 heterocycles. The highest BCUT2D eigenvalue weighted by atomic mass is 16.5. The number of aromatic nitrogens is 1. The van der Waals surface area contributed by atoms with Gasteiger partial charge in [0.05, 0.1) is 12.6 Å². The maximum Gasteiger partial charge on any atom is 0.128 e. The highest BCUT2D eigenvalue weighted by Crippen LogP contribution is 2.20. The van der Waals surface area contributed by atoms with Gasteiger partial charge in [0.25, 0.3) is 0 Å². The third-order valence-electron chi connectivity index (χ3n) is 1.96. The predicted molar refractivity (Wildman–Crippen MR) is 52.2 cm³/mol. The standard InChI is InChI=1S/C9H15N3O/c1-6-3-4-12-9(11)8(6)7(10)5-13-2/h3-4,7H,5,10H2,1-2H3,(H2,11,12). The third-order valence-corrected chi connectivity index (χ3v) is 1.96. The van der Waals surface area contributed by atoms with E-state index in [1.807, 2.05) is 13.0 Å². The second-order valence-corrected chi connectivity index (χ2v) is 2.99. The van der Waals surface area contributed by atoms with Gasteiger partial charge in [-0.2, -0.15) is 0 Å². The summed E-state index contributed by atoms with van der Waals surface area (Å²) in [7, 11) is 1.61. The monoisotopic (exact) mass is 181 g/mol. The van der Waals surface area contributed by atoms with Gasteiger partial charge < -0.3 is 16.2 Å². The Hall–Kier alpha value is -1.13. The molecule has 0 saturated carbocycles. The van der Waals surface area contributed by atoms with E-state index in [1.165, 1.54) is 0 Å². The quantitative estimate of drug-likeness (QED) is 0.716. The van der Waals surface area contributed by atoms with Gasteiger partial charge in [-0.1, -0.05) is 0 Å². The summed E-state index contributed by atoms with van der Waals surface area (Å²) in [5.74, 6) is 0.490. The van der Waals surface area contributed by atoms with Crippen LogP contribution in [0.5, 0.6) is 0 Å². The Morgan fingerprint density at radius 2 is 2.31 bits per heavy atom. The fourth-order valence-corrected chi connectivity index (χ4v) is 1.34. The average Bonchev–Trinajstić information content (AvgIpc) is 2.04. The van der Waals surface area contributed by atoms with Crippen molar-refractivity contribution in [1.82, 2.24) is 4.98 Å². The number of rotatable bonds is 3. The number of ether oxygens (including phenoxy) is 1. The Kier molecular flexibility index (Phi) is 3.22. The average molecular weight is 181 g/mol. The maximum atomic E-state index is 5.86. The maximum absolute atomic E-state index is 5.86. The number of aryl methyl sites for hydroxylation is 1. The minimum absolute atomic E-state index is 0.196. The smallest absolute Gasteiger partial charge is 0.128 e. The van der Waals surface area contributed by atoms with E-state index < -0.39 is 0 Å². The fraction of sp³-hybridized carbons (Fsp3) is 0.444. The zero-order valence-electron chi connectivity index (χ0n) is 7.95. The molecule has 0 amide bonds. The number of hydrogen-bond donors (Lipinski definition) is 2. The molecule has 1 aromatic heterocycles. The predicted octanol–water partition coefficient (Wildman–Crippen LogP) is 0.618. The molecule has 1 aromatic rings. The van der Waals surface area contributed by atoms with Gasteiger partial charge in [-0.3, -0.25) is 0 Å². The summed E-state index contributed by atoms with van der Waals surface area (Å²) in [4.78, 5) is 3.99. The van der Waals surface area contributed by atoms with Crippen LogP contribution in [0.1, 0.15) is 17.2 Å². The largest absolute Gasteiger partial charge is 0.383 e. The number of hydrogen-bond acceptors (Lipinski definition) is 4. The first-order valence-electron chi connectivity index (χ1n) is 4.12. The number of nitrogens with two attached hydrogens (primary N) is 2. The van der Waals surface area contributed by atoms with E-state index in [0.717, 1.165) is 11.1 Å². The first-order chi connectivity index (χ1) is 6.16. The van der Waals surface area contributed by atoms with Gasteiger partial charge in [0.1, 0.15) is 5.82 Å². The van der Waals surface area contributed by atoms with Crippen molar-refractivity contribution in [3.63, 3.8) is 0 Å². The van der Waals surface area contributed by atoms with Crippen molar-refractivity contribution in [2.24, 2.45) is 5.73 Å². The van der Waals surface area contributed by atoms with Gasteiger partial charge in [0.2, 0.25) is 0 Å². The zero-order chi connectivity index (χ0) is 9.84. The van der Waals surface area contributed by atoms with Crippen LogP contribution in [0.15, 0.2) is 12.3 Å². The summed E-state index contributed by atoms with van der Waals surface area (Å²) in [5.41, 5.74) is 13.5. The van der Waals surface area contributed by atoms with E-state index in [-0.39, 0.29) is 6.04 Å². The topological polar surface area (TPSA) is 74.2 Å². The molecule has 0 bridgehead atoms. The van der Waals surface area contributed by atoms with Crippen LogP contribution in [0.3, 0.4) is 0 Å².